The zero-order chi connectivity index (χ0) is 18.1. The Bertz CT molecular complexity index is 555. The second-order valence-electron chi connectivity index (χ2n) is 7.53. The van der Waals surface area contributed by atoms with E-state index < -0.39 is 0 Å². The average molecular weight is 331 g/mol. The molecule has 1 atom stereocenters. The van der Waals surface area contributed by atoms with Gasteiger partial charge in [0.15, 0.2) is 5.78 Å². The van der Waals surface area contributed by atoms with E-state index in [4.69, 9.17) is 0 Å². The molecule has 0 bridgehead atoms. The van der Waals surface area contributed by atoms with Gasteiger partial charge in [0.1, 0.15) is 0 Å². The Balaban J connectivity index is 2.43. The fourth-order valence-electron chi connectivity index (χ4n) is 2.97. The third kappa shape index (κ3) is 7.81. The number of ketones is 1. The zero-order valence-corrected chi connectivity index (χ0v) is 16.1. The van der Waals surface area contributed by atoms with E-state index in [1.165, 1.54) is 16.7 Å². The van der Waals surface area contributed by atoms with Gasteiger partial charge in [-0.05, 0) is 65.7 Å². The third-order valence-electron chi connectivity index (χ3n) is 4.54. The molecule has 2 nitrogen and oxygen atoms in total. The van der Waals surface area contributed by atoms with Gasteiger partial charge in [0, 0.05) is 18.4 Å². The van der Waals surface area contributed by atoms with Crippen LogP contribution in [0.4, 0.5) is 0 Å². The van der Waals surface area contributed by atoms with Gasteiger partial charge < -0.3 is 5.11 Å². The lowest BCUT2D eigenvalue weighted by molar-refractivity contribution is -0.117. The van der Waals surface area contributed by atoms with Crippen molar-refractivity contribution in [3.63, 3.8) is 0 Å². The fraction of sp³-hybridized carbons (Fsp3) is 0.591. The highest BCUT2D eigenvalue weighted by molar-refractivity contribution is 5.97. The molecule has 0 aromatic heterocycles. The number of carbonyl (C=O) groups is 1. The molecule has 0 spiro atoms. The van der Waals surface area contributed by atoms with Gasteiger partial charge in [0.2, 0.25) is 0 Å². The first kappa shape index (κ1) is 20.5. The molecule has 24 heavy (non-hydrogen) atoms. The molecule has 0 heterocycles. The minimum Gasteiger partial charge on any atom is -0.512 e. The topological polar surface area (TPSA) is 37.3 Å². The number of rotatable bonds is 8. The van der Waals surface area contributed by atoms with E-state index in [-0.39, 0.29) is 11.7 Å². The standard InChI is InChI=1S/C22H34O2/c1-16(2)8-6-9-17(3)10-7-11-18(4)12-13-20-21(23)14-19(5)15-22(20)24/h8,10,12,19,23H,6-7,9,11,13-15H2,1-5H3/b17-10+,18-12+. The molecule has 1 rings (SSSR count). The zero-order valence-electron chi connectivity index (χ0n) is 16.1. The molecule has 0 amide bonds. The Hall–Kier alpha value is -1.57. The van der Waals surface area contributed by atoms with Crippen LogP contribution in [-0.4, -0.2) is 10.9 Å². The molecule has 134 valence electrons. The third-order valence-corrected chi connectivity index (χ3v) is 4.54. The van der Waals surface area contributed by atoms with Gasteiger partial charge in [0.25, 0.3) is 0 Å². The first-order valence-electron chi connectivity index (χ1n) is 9.18. The summed E-state index contributed by atoms with van der Waals surface area (Å²) in [4.78, 5) is 12.0. The van der Waals surface area contributed by atoms with Gasteiger partial charge in [-0.3, -0.25) is 4.79 Å². The number of Topliss-reactive ketones (excluding diaryl/α,β-unsaturated/α-hetero) is 1. The molecule has 1 aliphatic rings. The summed E-state index contributed by atoms with van der Waals surface area (Å²) in [7, 11) is 0. The lowest BCUT2D eigenvalue weighted by Crippen LogP contribution is -2.17. The Morgan fingerprint density at radius 1 is 1.00 bits per heavy atom. The molecule has 0 aliphatic heterocycles. The van der Waals surface area contributed by atoms with E-state index in [0.29, 0.717) is 30.6 Å². The fourth-order valence-corrected chi connectivity index (χ4v) is 2.97. The Morgan fingerprint density at radius 2 is 1.58 bits per heavy atom. The number of allylic oxidation sites excluding steroid dienone is 8. The van der Waals surface area contributed by atoms with Crippen molar-refractivity contribution in [3.05, 3.63) is 46.3 Å². The van der Waals surface area contributed by atoms with Crippen molar-refractivity contribution < 1.29 is 9.90 Å². The molecule has 0 fully saturated rings. The maximum Gasteiger partial charge on any atom is 0.162 e. The van der Waals surface area contributed by atoms with Crippen LogP contribution >= 0.6 is 0 Å². The van der Waals surface area contributed by atoms with Crippen LogP contribution in [0.15, 0.2) is 46.3 Å². The van der Waals surface area contributed by atoms with Crippen LogP contribution in [-0.2, 0) is 4.79 Å². The summed E-state index contributed by atoms with van der Waals surface area (Å²) >= 11 is 0. The number of hydrogen-bond donors (Lipinski definition) is 1. The summed E-state index contributed by atoms with van der Waals surface area (Å²) in [6.45, 7) is 10.6. The molecule has 1 N–H and O–H groups in total. The highest BCUT2D eigenvalue weighted by Crippen LogP contribution is 2.27. The number of hydrogen-bond acceptors (Lipinski definition) is 2. The molecule has 0 aromatic carbocycles. The summed E-state index contributed by atoms with van der Waals surface area (Å²) in [6, 6.07) is 0. The van der Waals surface area contributed by atoms with Gasteiger partial charge >= 0.3 is 0 Å². The summed E-state index contributed by atoms with van der Waals surface area (Å²) < 4.78 is 0. The second-order valence-corrected chi connectivity index (χ2v) is 7.53. The van der Waals surface area contributed by atoms with Crippen LogP contribution in [0.2, 0.25) is 0 Å². The quantitative estimate of drug-likeness (QED) is 0.509. The summed E-state index contributed by atoms with van der Waals surface area (Å²) in [5, 5.41) is 10.0. The van der Waals surface area contributed by atoms with Gasteiger partial charge in [-0.25, -0.2) is 0 Å². The van der Waals surface area contributed by atoms with Gasteiger partial charge in [-0.15, -0.1) is 0 Å². The molecule has 0 saturated carbocycles. The predicted molar refractivity (Wildman–Crippen MR) is 103 cm³/mol. The van der Waals surface area contributed by atoms with E-state index in [2.05, 4.69) is 45.9 Å². The molecule has 1 unspecified atom stereocenters. The smallest absolute Gasteiger partial charge is 0.162 e. The molecule has 0 radical (unpaired) electrons. The van der Waals surface area contributed by atoms with Gasteiger partial charge in [-0.1, -0.05) is 41.9 Å². The van der Waals surface area contributed by atoms with Crippen molar-refractivity contribution in [3.8, 4) is 0 Å². The van der Waals surface area contributed by atoms with Crippen molar-refractivity contribution in [2.45, 2.75) is 79.6 Å². The van der Waals surface area contributed by atoms with E-state index in [1.54, 1.807) is 0 Å². The first-order chi connectivity index (χ1) is 11.3. The molecular weight excluding hydrogens is 296 g/mol. The van der Waals surface area contributed by atoms with Crippen LogP contribution in [0.25, 0.3) is 0 Å². The number of carbonyl (C=O) groups excluding carboxylic acids is 1. The van der Waals surface area contributed by atoms with Crippen LogP contribution in [0.5, 0.6) is 0 Å². The first-order valence-corrected chi connectivity index (χ1v) is 9.18. The lowest BCUT2D eigenvalue weighted by atomic mass is 9.86. The monoisotopic (exact) mass is 330 g/mol. The van der Waals surface area contributed by atoms with E-state index in [9.17, 15) is 9.90 Å². The van der Waals surface area contributed by atoms with Crippen molar-refractivity contribution in [1.29, 1.82) is 0 Å². The molecule has 2 heteroatoms. The van der Waals surface area contributed by atoms with Crippen molar-refractivity contribution >= 4 is 5.78 Å². The van der Waals surface area contributed by atoms with Gasteiger partial charge in [0.05, 0.1) is 5.76 Å². The maximum absolute atomic E-state index is 12.0. The number of aliphatic hydroxyl groups excluding tert-OH is 1. The Kier molecular flexibility index (Phi) is 8.81. The normalized spacial score (nSPS) is 19.7. The van der Waals surface area contributed by atoms with Crippen LogP contribution in [0, 0.1) is 5.92 Å². The Labute approximate surface area is 148 Å². The Morgan fingerprint density at radius 3 is 2.17 bits per heavy atom. The number of aliphatic hydroxyl groups is 1. The van der Waals surface area contributed by atoms with Crippen LogP contribution < -0.4 is 0 Å². The van der Waals surface area contributed by atoms with Crippen LogP contribution in [0.3, 0.4) is 0 Å². The maximum atomic E-state index is 12.0. The minimum absolute atomic E-state index is 0.116. The van der Waals surface area contributed by atoms with Crippen molar-refractivity contribution in [2.75, 3.05) is 0 Å². The lowest BCUT2D eigenvalue weighted by Gasteiger charge is -2.19. The largest absolute Gasteiger partial charge is 0.512 e. The SMILES string of the molecule is CC(C)=CCC/C(C)=C/CC/C(C)=C/CC1=C(O)CC(C)CC1=O. The van der Waals surface area contributed by atoms with Gasteiger partial charge in [-0.2, -0.15) is 0 Å². The van der Waals surface area contributed by atoms with E-state index in [0.717, 1.165) is 25.7 Å². The average Bonchev–Trinajstić information content (AvgIpc) is 2.45. The molecule has 1 aliphatic carbocycles. The minimum atomic E-state index is 0.116. The molecular formula is C22H34O2. The second kappa shape index (κ2) is 10.3. The highest BCUT2D eigenvalue weighted by Gasteiger charge is 2.23. The van der Waals surface area contributed by atoms with E-state index >= 15 is 0 Å². The summed E-state index contributed by atoms with van der Waals surface area (Å²) in [6.07, 6.45) is 12.8. The highest BCUT2D eigenvalue weighted by atomic mass is 16.3. The van der Waals surface area contributed by atoms with E-state index in [1.807, 2.05) is 6.92 Å². The van der Waals surface area contributed by atoms with Crippen molar-refractivity contribution in [1.82, 2.24) is 0 Å². The molecule has 0 saturated heterocycles. The van der Waals surface area contributed by atoms with Crippen molar-refractivity contribution in [2.24, 2.45) is 5.92 Å². The molecule has 0 aromatic rings. The summed E-state index contributed by atoms with van der Waals surface area (Å²) in [5.74, 6) is 0.689. The van der Waals surface area contributed by atoms with Crippen LogP contribution in [0.1, 0.15) is 79.6 Å². The summed E-state index contributed by atoms with van der Waals surface area (Å²) in [5.41, 5.74) is 4.74. The predicted octanol–water partition coefficient (Wildman–Crippen LogP) is 6.61.